The lowest BCUT2D eigenvalue weighted by molar-refractivity contribution is -0.228. The first-order valence-electron chi connectivity index (χ1n) is 9.36. The Hall–Kier alpha value is -1.80. The maximum absolute atomic E-state index is 11.0. The van der Waals surface area contributed by atoms with E-state index >= 15 is 0 Å². The van der Waals surface area contributed by atoms with E-state index in [1.165, 1.54) is 13.8 Å². The van der Waals surface area contributed by atoms with Crippen LogP contribution in [-0.4, -0.2) is 66.3 Å². The van der Waals surface area contributed by atoms with Crippen LogP contribution in [0.4, 0.5) is 0 Å². The smallest absolute Gasteiger partial charge is 0.123 e. The van der Waals surface area contributed by atoms with Crippen molar-refractivity contribution in [2.24, 2.45) is 0 Å². The first-order chi connectivity index (χ1) is 13.1. The lowest BCUT2D eigenvalue weighted by Gasteiger charge is -2.44. The van der Waals surface area contributed by atoms with E-state index in [0.717, 1.165) is 0 Å². The predicted octanol–water partition coefficient (Wildman–Crippen LogP) is 0.417. The quantitative estimate of drug-likeness (QED) is 0.369. The largest absolute Gasteiger partial charge is 0.390 e. The van der Waals surface area contributed by atoms with Gasteiger partial charge in [0.1, 0.15) is 23.4 Å². The SMILES string of the molecule is CC(O)[C@](O)(Cc1ccccc1)[C@@H](O)[C@H](O)[C@@](O)(Cc1ccccc1)C(C)O. The normalized spacial score (nSPS) is 20.4. The fraction of sp³-hybridized carbons (Fsp3) is 0.455. The molecule has 0 saturated heterocycles. The Labute approximate surface area is 165 Å². The Bertz CT molecular complexity index is 657. The van der Waals surface area contributed by atoms with E-state index < -0.39 is 35.6 Å². The van der Waals surface area contributed by atoms with Gasteiger partial charge in [0.05, 0.1) is 12.2 Å². The van der Waals surface area contributed by atoms with Gasteiger partial charge in [-0.2, -0.15) is 0 Å². The van der Waals surface area contributed by atoms with Gasteiger partial charge in [-0.1, -0.05) is 60.7 Å². The molecule has 154 valence electrons. The molecule has 28 heavy (non-hydrogen) atoms. The molecule has 6 N–H and O–H groups in total. The Morgan fingerprint density at radius 3 is 1.14 bits per heavy atom. The molecule has 0 aliphatic carbocycles. The standard InChI is InChI=1S/C22H30O6/c1-15(23)21(27,13-17-9-5-3-6-10-17)19(25)20(26)22(28,16(2)24)14-18-11-7-4-8-12-18/h3-12,15-16,19-20,23-28H,13-14H2,1-2H3/t15?,16?,19-,20-,21+,22+/m0/s1. The Morgan fingerprint density at radius 1 is 0.607 bits per heavy atom. The van der Waals surface area contributed by atoms with Crippen molar-refractivity contribution in [2.45, 2.75) is 62.3 Å². The van der Waals surface area contributed by atoms with Gasteiger partial charge in [0, 0.05) is 12.8 Å². The molecule has 0 heterocycles. The van der Waals surface area contributed by atoms with Crippen molar-refractivity contribution in [1.82, 2.24) is 0 Å². The van der Waals surface area contributed by atoms with Crippen molar-refractivity contribution in [3.63, 3.8) is 0 Å². The molecule has 2 rings (SSSR count). The van der Waals surface area contributed by atoms with E-state index in [4.69, 9.17) is 0 Å². The predicted molar refractivity (Wildman–Crippen MR) is 106 cm³/mol. The summed E-state index contributed by atoms with van der Waals surface area (Å²) in [6.45, 7) is 2.61. The molecular formula is C22H30O6. The van der Waals surface area contributed by atoms with Crippen molar-refractivity contribution in [1.29, 1.82) is 0 Å². The van der Waals surface area contributed by atoms with Crippen LogP contribution in [0.15, 0.2) is 60.7 Å². The highest BCUT2D eigenvalue weighted by Gasteiger charge is 2.52. The summed E-state index contributed by atoms with van der Waals surface area (Å²) in [4.78, 5) is 0. The van der Waals surface area contributed by atoms with Gasteiger partial charge in [-0.25, -0.2) is 0 Å². The van der Waals surface area contributed by atoms with Gasteiger partial charge < -0.3 is 30.6 Å². The average molecular weight is 390 g/mol. The van der Waals surface area contributed by atoms with Gasteiger partial charge in [-0.05, 0) is 25.0 Å². The molecule has 0 spiro atoms. The summed E-state index contributed by atoms with van der Waals surface area (Å²) in [5.74, 6) is 0. The lowest BCUT2D eigenvalue weighted by Crippen LogP contribution is -2.66. The second-order valence-corrected chi connectivity index (χ2v) is 7.55. The van der Waals surface area contributed by atoms with Crippen LogP contribution in [0.25, 0.3) is 0 Å². The molecule has 0 saturated carbocycles. The van der Waals surface area contributed by atoms with Crippen LogP contribution in [0.3, 0.4) is 0 Å². The zero-order chi connectivity index (χ0) is 20.9. The highest BCUT2D eigenvalue weighted by molar-refractivity contribution is 5.22. The molecule has 0 aromatic heterocycles. The molecule has 2 aromatic carbocycles. The monoisotopic (exact) mass is 390 g/mol. The van der Waals surface area contributed by atoms with Gasteiger partial charge >= 0.3 is 0 Å². The fourth-order valence-electron chi connectivity index (χ4n) is 3.39. The van der Waals surface area contributed by atoms with Crippen LogP contribution >= 0.6 is 0 Å². The summed E-state index contributed by atoms with van der Waals surface area (Å²) in [5.41, 5.74) is -3.00. The molecule has 0 bridgehead atoms. The molecule has 2 aromatic rings. The zero-order valence-electron chi connectivity index (χ0n) is 16.2. The van der Waals surface area contributed by atoms with E-state index in [1.54, 1.807) is 60.7 Å². The van der Waals surface area contributed by atoms with Crippen LogP contribution in [0, 0.1) is 0 Å². The summed E-state index contributed by atoms with van der Waals surface area (Å²) in [6.07, 6.45) is -6.96. The summed E-state index contributed by atoms with van der Waals surface area (Å²) < 4.78 is 0. The number of aliphatic hydroxyl groups is 6. The molecule has 6 atom stereocenters. The van der Waals surface area contributed by atoms with Gasteiger partial charge in [0.15, 0.2) is 0 Å². The Morgan fingerprint density at radius 2 is 0.893 bits per heavy atom. The average Bonchev–Trinajstić information content (AvgIpc) is 2.67. The highest BCUT2D eigenvalue weighted by atomic mass is 16.4. The molecule has 6 heteroatoms. The maximum Gasteiger partial charge on any atom is 0.123 e. The van der Waals surface area contributed by atoms with E-state index in [1.807, 2.05) is 0 Å². The van der Waals surface area contributed by atoms with Crippen LogP contribution in [0.5, 0.6) is 0 Å². The highest BCUT2D eigenvalue weighted by Crippen LogP contribution is 2.31. The number of hydrogen-bond acceptors (Lipinski definition) is 6. The number of rotatable bonds is 9. The van der Waals surface area contributed by atoms with Gasteiger partial charge in [0.2, 0.25) is 0 Å². The molecule has 0 aliphatic rings. The van der Waals surface area contributed by atoms with Gasteiger partial charge in [-0.15, -0.1) is 0 Å². The van der Waals surface area contributed by atoms with Crippen LogP contribution in [-0.2, 0) is 12.8 Å². The molecular weight excluding hydrogens is 360 g/mol. The molecule has 6 nitrogen and oxygen atoms in total. The van der Waals surface area contributed by atoms with Crippen LogP contribution in [0.2, 0.25) is 0 Å². The van der Waals surface area contributed by atoms with Crippen molar-refractivity contribution >= 4 is 0 Å². The number of hydrogen-bond donors (Lipinski definition) is 6. The van der Waals surface area contributed by atoms with Gasteiger partial charge in [-0.3, -0.25) is 0 Å². The summed E-state index contributed by atoms with van der Waals surface area (Å²) >= 11 is 0. The first kappa shape index (κ1) is 22.5. The number of benzene rings is 2. The van der Waals surface area contributed by atoms with Crippen LogP contribution < -0.4 is 0 Å². The zero-order valence-corrected chi connectivity index (χ0v) is 16.2. The van der Waals surface area contributed by atoms with Crippen LogP contribution in [0.1, 0.15) is 25.0 Å². The fourth-order valence-corrected chi connectivity index (χ4v) is 3.39. The Kier molecular flexibility index (Phi) is 7.33. The molecule has 0 aliphatic heterocycles. The summed E-state index contributed by atoms with van der Waals surface area (Å²) in [5, 5.41) is 64.0. The molecule has 0 amide bonds. The topological polar surface area (TPSA) is 121 Å². The summed E-state index contributed by atoms with van der Waals surface area (Å²) in [6, 6.07) is 17.5. The minimum atomic E-state index is -2.14. The molecule has 2 unspecified atom stereocenters. The third-order valence-electron chi connectivity index (χ3n) is 5.43. The van der Waals surface area contributed by atoms with Crippen molar-refractivity contribution in [3.8, 4) is 0 Å². The third-order valence-corrected chi connectivity index (χ3v) is 5.43. The minimum absolute atomic E-state index is 0.148. The third kappa shape index (κ3) is 4.78. The van der Waals surface area contributed by atoms with E-state index in [2.05, 4.69) is 0 Å². The second kappa shape index (κ2) is 9.13. The van der Waals surface area contributed by atoms with Crippen molar-refractivity contribution < 1.29 is 30.6 Å². The maximum atomic E-state index is 11.0. The molecule has 0 radical (unpaired) electrons. The number of aliphatic hydroxyl groups excluding tert-OH is 4. The minimum Gasteiger partial charge on any atom is -0.390 e. The Balaban J connectivity index is 2.34. The van der Waals surface area contributed by atoms with E-state index in [-0.39, 0.29) is 12.8 Å². The van der Waals surface area contributed by atoms with Crippen molar-refractivity contribution in [2.75, 3.05) is 0 Å². The summed E-state index contributed by atoms with van der Waals surface area (Å²) in [7, 11) is 0. The first-order valence-corrected chi connectivity index (χ1v) is 9.36. The second-order valence-electron chi connectivity index (χ2n) is 7.55. The lowest BCUT2D eigenvalue weighted by atomic mass is 9.74. The van der Waals surface area contributed by atoms with E-state index in [0.29, 0.717) is 11.1 Å². The van der Waals surface area contributed by atoms with Crippen molar-refractivity contribution in [3.05, 3.63) is 71.8 Å². The molecule has 0 fully saturated rings. The van der Waals surface area contributed by atoms with Gasteiger partial charge in [0.25, 0.3) is 0 Å². The van der Waals surface area contributed by atoms with E-state index in [9.17, 15) is 30.6 Å².